The first kappa shape index (κ1) is 28.5. The Morgan fingerprint density at radius 1 is 1.17 bits per heavy atom. The number of aryl methyl sites for hydroxylation is 1. The van der Waals surface area contributed by atoms with Crippen LogP contribution in [0.3, 0.4) is 0 Å². The van der Waals surface area contributed by atoms with Crippen molar-refractivity contribution in [1.82, 2.24) is 29.4 Å². The number of nitriles is 1. The van der Waals surface area contributed by atoms with Crippen LogP contribution in [-0.2, 0) is 16.0 Å². The van der Waals surface area contributed by atoms with Gasteiger partial charge in [-0.25, -0.2) is 14.4 Å². The Balaban J connectivity index is 1.21. The standard InChI is InChI=1S/C28H32FN9O2S2/c1-4-21-25(35(3)26-32-24(22(15-30)41-26)18-5-7-19(29)8-6-18)38-27(31-21)42-28(33-38)37-10-9-20(16-37)34(2)17-23(39)36-11-13-40-14-12-36/h5-8,20H,4,9-14,16-17H2,1-3H3/t20-/m0/s1. The number of carbonyl (C=O) groups is 1. The van der Waals surface area contributed by atoms with Gasteiger partial charge in [-0.2, -0.15) is 9.78 Å². The summed E-state index contributed by atoms with van der Waals surface area (Å²) >= 11 is 2.83. The molecule has 5 heterocycles. The lowest BCUT2D eigenvalue weighted by atomic mass is 10.1. The molecule has 6 rings (SSSR count). The Bertz CT molecular complexity index is 1620. The van der Waals surface area contributed by atoms with E-state index in [-0.39, 0.29) is 17.8 Å². The molecule has 2 aliphatic heterocycles. The third-order valence-corrected chi connectivity index (χ3v) is 9.82. The fourth-order valence-corrected chi connectivity index (χ4v) is 7.22. The zero-order valence-corrected chi connectivity index (χ0v) is 25.4. The highest BCUT2D eigenvalue weighted by atomic mass is 32.1. The number of anilines is 3. The minimum Gasteiger partial charge on any atom is -0.378 e. The number of imidazole rings is 1. The van der Waals surface area contributed by atoms with Gasteiger partial charge >= 0.3 is 0 Å². The molecule has 1 atom stereocenters. The van der Waals surface area contributed by atoms with E-state index in [1.807, 2.05) is 28.4 Å². The van der Waals surface area contributed by atoms with E-state index in [4.69, 9.17) is 19.8 Å². The number of benzene rings is 1. The number of hydrogen-bond acceptors (Lipinski definition) is 11. The number of morpholine rings is 1. The van der Waals surface area contributed by atoms with Crippen molar-refractivity contribution < 1.29 is 13.9 Å². The van der Waals surface area contributed by atoms with Gasteiger partial charge in [0.25, 0.3) is 0 Å². The van der Waals surface area contributed by atoms with Gasteiger partial charge < -0.3 is 19.4 Å². The van der Waals surface area contributed by atoms with E-state index >= 15 is 0 Å². The maximum absolute atomic E-state index is 13.5. The number of thiazole rings is 1. The monoisotopic (exact) mass is 609 g/mol. The van der Waals surface area contributed by atoms with Gasteiger partial charge in [0.2, 0.25) is 16.0 Å². The number of amides is 1. The fraction of sp³-hybridized carbons (Fsp3) is 0.464. The number of rotatable bonds is 8. The van der Waals surface area contributed by atoms with Crippen LogP contribution in [0, 0.1) is 17.1 Å². The van der Waals surface area contributed by atoms with E-state index in [0.717, 1.165) is 41.1 Å². The van der Waals surface area contributed by atoms with Crippen LogP contribution in [0.15, 0.2) is 24.3 Å². The molecule has 0 spiro atoms. The summed E-state index contributed by atoms with van der Waals surface area (Å²) in [6, 6.07) is 8.50. The highest BCUT2D eigenvalue weighted by molar-refractivity contribution is 7.20. The quantitative estimate of drug-likeness (QED) is 0.296. The zero-order valence-electron chi connectivity index (χ0n) is 23.8. The third-order valence-electron chi connectivity index (χ3n) is 7.82. The molecule has 4 aromatic rings. The maximum Gasteiger partial charge on any atom is 0.236 e. The molecule has 0 N–H and O–H groups in total. The van der Waals surface area contributed by atoms with Gasteiger partial charge in [-0.1, -0.05) is 29.6 Å². The number of carbonyl (C=O) groups excluding carboxylic acids is 1. The molecule has 42 heavy (non-hydrogen) atoms. The normalized spacial score (nSPS) is 17.4. The van der Waals surface area contributed by atoms with Gasteiger partial charge in [-0.3, -0.25) is 9.69 Å². The zero-order chi connectivity index (χ0) is 29.4. The lowest BCUT2D eigenvalue weighted by Crippen LogP contribution is -2.47. The van der Waals surface area contributed by atoms with Gasteiger partial charge in [0.1, 0.15) is 22.5 Å². The molecule has 2 aliphatic rings. The number of nitrogens with zero attached hydrogens (tertiary/aromatic N) is 9. The number of ether oxygens (including phenoxy) is 1. The molecule has 0 aliphatic carbocycles. The second-order valence-electron chi connectivity index (χ2n) is 10.5. The van der Waals surface area contributed by atoms with Crippen LogP contribution in [0.4, 0.5) is 20.5 Å². The predicted octanol–water partition coefficient (Wildman–Crippen LogP) is 3.62. The van der Waals surface area contributed by atoms with Crippen molar-refractivity contribution >= 4 is 49.6 Å². The lowest BCUT2D eigenvalue weighted by molar-refractivity contribution is -0.136. The van der Waals surface area contributed by atoms with E-state index in [9.17, 15) is 14.4 Å². The number of hydrogen-bond donors (Lipinski definition) is 0. The Morgan fingerprint density at radius 3 is 2.64 bits per heavy atom. The molecule has 2 saturated heterocycles. The summed E-state index contributed by atoms with van der Waals surface area (Å²) in [6.07, 6.45) is 1.66. The van der Waals surface area contributed by atoms with Crippen molar-refractivity contribution in [3.63, 3.8) is 0 Å². The Labute approximate surface area is 251 Å². The Hall–Kier alpha value is -3.64. The molecule has 0 radical (unpaired) electrons. The van der Waals surface area contributed by atoms with E-state index in [1.165, 1.54) is 23.5 Å². The molecule has 11 nitrogen and oxygen atoms in total. The second-order valence-corrected chi connectivity index (χ2v) is 12.4. The fourth-order valence-electron chi connectivity index (χ4n) is 5.42. The number of halogens is 1. The molecule has 0 bridgehead atoms. The summed E-state index contributed by atoms with van der Waals surface area (Å²) in [6.45, 7) is 6.61. The molecule has 220 valence electrons. The van der Waals surface area contributed by atoms with Crippen LogP contribution >= 0.6 is 22.7 Å². The number of aromatic nitrogens is 4. The number of fused-ring (bicyclic) bond motifs is 1. The molecule has 14 heteroatoms. The molecule has 2 fully saturated rings. The van der Waals surface area contributed by atoms with E-state index in [0.29, 0.717) is 60.5 Å². The summed E-state index contributed by atoms with van der Waals surface area (Å²) < 4.78 is 20.7. The van der Waals surface area contributed by atoms with Crippen LogP contribution in [0.5, 0.6) is 0 Å². The maximum atomic E-state index is 13.5. The molecule has 1 aromatic carbocycles. The summed E-state index contributed by atoms with van der Waals surface area (Å²) in [5.41, 5.74) is 2.11. The topological polar surface area (TPSA) is 106 Å². The molecular formula is C28H32FN9O2S2. The second kappa shape index (κ2) is 11.9. The Kier molecular flexibility index (Phi) is 8.09. The van der Waals surface area contributed by atoms with Crippen molar-refractivity contribution in [3.05, 3.63) is 40.7 Å². The highest BCUT2D eigenvalue weighted by Gasteiger charge is 2.31. The summed E-state index contributed by atoms with van der Waals surface area (Å²) in [5.74, 6) is 0.620. The molecule has 0 saturated carbocycles. The van der Waals surface area contributed by atoms with Gasteiger partial charge in [-0.05, 0) is 44.2 Å². The van der Waals surface area contributed by atoms with Crippen molar-refractivity contribution in [2.45, 2.75) is 25.8 Å². The van der Waals surface area contributed by atoms with Crippen LogP contribution in [0.25, 0.3) is 16.2 Å². The van der Waals surface area contributed by atoms with Crippen LogP contribution in [-0.4, -0.2) is 101 Å². The molecule has 0 unspecified atom stereocenters. The molecule has 1 amide bonds. The van der Waals surface area contributed by atoms with Crippen molar-refractivity contribution in [2.75, 3.05) is 69.8 Å². The van der Waals surface area contributed by atoms with Gasteiger partial charge in [0, 0.05) is 44.8 Å². The van der Waals surface area contributed by atoms with E-state index in [1.54, 1.807) is 23.5 Å². The molecule has 3 aromatic heterocycles. The third kappa shape index (κ3) is 5.45. The first-order valence-electron chi connectivity index (χ1n) is 14.0. The lowest BCUT2D eigenvalue weighted by Gasteiger charge is -2.30. The smallest absolute Gasteiger partial charge is 0.236 e. The first-order valence-corrected chi connectivity index (χ1v) is 15.6. The SMILES string of the molecule is CCc1nc2sc(N3CC[C@H](N(C)CC(=O)N4CCOCC4)C3)nn2c1N(C)c1nc(-c2ccc(F)cc2)c(C#N)s1. The van der Waals surface area contributed by atoms with Crippen LogP contribution in [0.2, 0.25) is 0 Å². The average molecular weight is 610 g/mol. The van der Waals surface area contributed by atoms with Crippen LogP contribution < -0.4 is 9.80 Å². The van der Waals surface area contributed by atoms with Crippen molar-refractivity contribution in [1.29, 1.82) is 5.26 Å². The first-order chi connectivity index (χ1) is 20.4. The van der Waals surface area contributed by atoms with Gasteiger partial charge in [0.05, 0.1) is 25.5 Å². The largest absolute Gasteiger partial charge is 0.378 e. The average Bonchev–Trinajstić information content (AvgIpc) is 3.80. The highest BCUT2D eigenvalue weighted by Crippen LogP contribution is 2.38. The summed E-state index contributed by atoms with van der Waals surface area (Å²) in [7, 11) is 3.92. The van der Waals surface area contributed by atoms with E-state index in [2.05, 4.69) is 22.8 Å². The van der Waals surface area contributed by atoms with Crippen molar-refractivity contribution in [2.24, 2.45) is 0 Å². The predicted molar refractivity (Wildman–Crippen MR) is 161 cm³/mol. The number of likely N-dealkylation sites (N-methyl/N-ethyl adjacent to an activating group) is 1. The Morgan fingerprint density at radius 2 is 1.93 bits per heavy atom. The van der Waals surface area contributed by atoms with Crippen LogP contribution in [0.1, 0.15) is 23.9 Å². The van der Waals surface area contributed by atoms with Crippen molar-refractivity contribution in [3.8, 4) is 17.3 Å². The van der Waals surface area contributed by atoms with E-state index < -0.39 is 0 Å². The molecular weight excluding hydrogens is 578 g/mol. The minimum atomic E-state index is -0.337. The summed E-state index contributed by atoms with van der Waals surface area (Å²) in [4.78, 5) is 31.9. The minimum absolute atomic E-state index is 0.149. The van der Waals surface area contributed by atoms with Gasteiger partial charge in [-0.15, -0.1) is 5.10 Å². The van der Waals surface area contributed by atoms with Gasteiger partial charge in [0.15, 0.2) is 10.9 Å². The summed E-state index contributed by atoms with van der Waals surface area (Å²) in [5, 5.41) is 16.3.